The summed E-state index contributed by atoms with van der Waals surface area (Å²) in [6.07, 6.45) is 0.690. The lowest BCUT2D eigenvalue weighted by Crippen LogP contribution is -2.27. The van der Waals surface area contributed by atoms with Crippen LogP contribution < -0.4 is 10.6 Å². The van der Waals surface area contributed by atoms with Gasteiger partial charge in [-0.2, -0.15) is 0 Å². The minimum atomic E-state index is -2.73. The van der Waals surface area contributed by atoms with Crippen LogP contribution in [0, 0.1) is 0 Å². The summed E-state index contributed by atoms with van der Waals surface area (Å²) >= 11 is 0. The summed E-state index contributed by atoms with van der Waals surface area (Å²) in [5.74, 6) is -2.73. The number of benzene rings is 1. The normalized spacial score (nSPS) is 30.4. The Labute approximate surface area is 93.0 Å². The molecule has 3 rings (SSSR count). The molecule has 4 heteroatoms. The zero-order valence-electron chi connectivity index (χ0n) is 9.13. The molecule has 86 valence electrons. The van der Waals surface area contributed by atoms with Gasteiger partial charge >= 0.3 is 0 Å². The summed E-state index contributed by atoms with van der Waals surface area (Å²) in [4.78, 5) is 2.13. The minimum Gasteiger partial charge on any atom is -0.374 e. The Kier molecular flexibility index (Phi) is 1.72. The van der Waals surface area contributed by atoms with E-state index in [0.29, 0.717) is 5.56 Å². The van der Waals surface area contributed by atoms with E-state index in [4.69, 9.17) is 5.73 Å². The van der Waals surface area contributed by atoms with Crippen LogP contribution >= 0.6 is 0 Å². The first-order chi connectivity index (χ1) is 7.44. The summed E-state index contributed by atoms with van der Waals surface area (Å²) in [6.45, 7) is 0.951. The molecule has 2 nitrogen and oxygen atoms in total. The summed E-state index contributed by atoms with van der Waals surface area (Å²) in [5.41, 5.74) is 7.14. The second-order valence-electron chi connectivity index (χ2n) is 4.87. The average Bonchev–Trinajstić information content (AvgIpc) is 2.57. The van der Waals surface area contributed by atoms with Gasteiger partial charge in [-0.3, -0.25) is 0 Å². The van der Waals surface area contributed by atoms with Crippen molar-refractivity contribution in [3.63, 3.8) is 0 Å². The SMILES string of the molecule is CN1CCc2cc(C3(N)CC3(F)F)ccc21. The van der Waals surface area contributed by atoms with E-state index in [-0.39, 0.29) is 6.42 Å². The molecule has 1 aromatic carbocycles. The molecule has 1 unspecified atom stereocenters. The van der Waals surface area contributed by atoms with Crippen molar-refractivity contribution < 1.29 is 8.78 Å². The maximum absolute atomic E-state index is 13.2. The van der Waals surface area contributed by atoms with Crippen LogP contribution in [0.2, 0.25) is 0 Å². The fourth-order valence-electron chi connectivity index (χ4n) is 2.46. The standard InChI is InChI=1S/C12H14F2N2/c1-16-5-4-8-6-9(2-3-10(8)16)11(15)7-12(11,13)14/h2-3,6H,4-5,7,15H2,1H3. The van der Waals surface area contributed by atoms with Crippen molar-refractivity contribution in [2.24, 2.45) is 5.73 Å². The van der Waals surface area contributed by atoms with Crippen LogP contribution in [0.1, 0.15) is 17.5 Å². The Balaban J connectivity index is 2.01. The van der Waals surface area contributed by atoms with Gasteiger partial charge in [-0.1, -0.05) is 12.1 Å². The van der Waals surface area contributed by atoms with Crippen LogP contribution in [0.5, 0.6) is 0 Å². The van der Waals surface area contributed by atoms with Crippen molar-refractivity contribution in [3.8, 4) is 0 Å². The molecule has 1 atom stereocenters. The van der Waals surface area contributed by atoms with Crippen molar-refractivity contribution in [1.29, 1.82) is 0 Å². The van der Waals surface area contributed by atoms with Gasteiger partial charge in [0.2, 0.25) is 0 Å². The van der Waals surface area contributed by atoms with E-state index >= 15 is 0 Å². The number of anilines is 1. The van der Waals surface area contributed by atoms with E-state index in [1.807, 2.05) is 19.2 Å². The van der Waals surface area contributed by atoms with Gasteiger partial charge in [-0.25, -0.2) is 8.78 Å². The van der Waals surface area contributed by atoms with Crippen LogP contribution in [0.15, 0.2) is 18.2 Å². The number of alkyl halides is 2. The van der Waals surface area contributed by atoms with E-state index in [0.717, 1.165) is 24.2 Å². The molecule has 1 aliphatic heterocycles. The molecule has 1 saturated carbocycles. The van der Waals surface area contributed by atoms with Crippen LogP contribution in [-0.4, -0.2) is 19.5 Å². The maximum Gasteiger partial charge on any atom is 0.272 e. The number of nitrogens with zero attached hydrogens (tertiary/aromatic N) is 1. The Morgan fingerprint density at radius 3 is 2.69 bits per heavy atom. The molecule has 1 aliphatic carbocycles. The number of hydrogen-bond acceptors (Lipinski definition) is 2. The van der Waals surface area contributed by atoms with Gasteiger partial charge in [0.1, 0.15) is 5.54 Å². The van der Waals surface area contributed by atoms with Gasteiger partial charge in [0, 0.05) is 25.7 Å². The molecule has 2 aliphatic rings. The highest BCUT2D eigenvalue weighted by Crippen LogP contribution is 2.57. The largest absolute Gasteiger partial charge is 0.374 e. The first-order valence-electron chi connectivity index (χ1n) is 5.45. The molecule has 1 fully saturated rings. The Bertz CT molecular complexity index is 458. The molecule has 1 aromatic rings. The number of likely N-dealkylation sites (N-methyl/N-ethyl adjacent to an activating group) is 1. The number of rotatable bonds is 1. The number of fused-ring (bicyclic) bond motifs is 1. The number of hydrogen-bond donors (Lipinski definition) is 1. The lowest BCUT2D eigenvalue weighted by Gasteiger charge is -2.15. The molecular weight excluding hydrogens is 210 g/mol. The molecule has 0 radical (unpaired) electrons. The zero-order chi connectivity index (χ0) is 11.6. The van der Waals surface area contributed by atoms with Crippen molar-refractivity contribution in [3.05, 3.63) is 29.3 Å². The zero-order valence-corrected chi connectivity index (χ0v) is 9.13. The Hall–Kier alpha value is -1.16. The first kappa shape index (κ1) is 10.0. The van der Waals surface area contributed by atoms with Gasteiger partial charge in [0.25, 0.3) is 5.92 Å². The van der Waals surface area contributed by atoms with Crippen LogP contribution in [0.4, 0.5) is 14.5 Å². The van der Waals surface area contributed by atoms with Gasteiger partial charge in [0.15, 0.2) is 0 Å². The van der Waals surface area contributed by atoms with E-state index in [1.54, 1.807) is 6.07 Å². The van der Waals surface area contributed by atoms with E-state index < -0.39 is 11.5 Å². The molecule has 2 N–H and O–H groups in total. The molecule has 1 heterocycles. The Morgan fingerprint density at radius 1 is 1.38 bits per heavy atom. The smallest absolute Gasteiger partial charge is 0.272 e. The van der Waals surface area contributed by atoms with Gasteiger partial charge in [-0.15, -0.1) is 0 Å². The highest BCUT2D eigenvalue weighted by Gasteiger charge is 2.69. The van der Waals surface area contributed by atoms with Crippen LogP contribution in [0.3, 0.4) is 0 Å². The topological polar surface area (TPSA) is 29.3 Å². The molecular formula is C12H14F2N2. The van der Waals surface area contributed by atoms with Crippen molar-refractivity contribution in [1.82, 2.24) is 0 Å². The maximum atomic E-state index is 13.2. The highest BCUT2D eigenvalue weighted by molar-refractivity contribution is 5.60. The number of halogens is 2. The Morgan fingerprint density at radius 2 is 2.06 bits per heavy atom. The predicted molar refractivity (Wildman–Crippen MR) is 58.8 cm³/mol. The number of nitrogens with two attached hydrogens (primary N) is 1. The van der Waals surface area contributed by atoms with Crippen molar-refractivity contribution in [2.75, 3.05) is 18.5 Å². The third-order valence-corrected chi connectivity index (χ3v) is 3.75. The monoisotopic (exact) mass is 224 g/mol. The lowest BCUT2D eigenvalue weighted by molar-refractivity contribution is 0.0891. The third-order valence-electron chi connectivity index (χ3n) is 3.75. The second-order valence-corrected chi connectivity index (χ2v) is 4.87. The van der Waals surface area contributed by atoms with Gasteiger partial charge in [0.05, 0.1) is 0 Å². The molecule has 0 aromatic heterocycles. The van der Waals surface area contributed by atoms with E-state index in [1.165, 1.54) is 0 Å². The molecule has 0 saturated heterocycles. The third kappa shape index (κ3) is 1.13. The van der Waals surface area contributed by atoms with Crippen molar-refractivity contribution in [2.45, 2.75) is 24.3 Å². The van der Waals surface area contributed by atoms with Crippen LogP contribution in [-0.2, 0) is 12.0 Å². The summed E-state index contributed by atoms with van der Waals surface area (Å²) in [5, 5.41) is 0. The highest BCUT2D eigenvalue weighted by atomic mass is 19.3. The first-order valence-corrected chi connectivity index (χ1v) is 5.45. The van der Waals surface area contributed by atoms with Gasteiger partial charge in [-0.05, 0) is 23.6 Å². The summed E-state index contributed by atoms with van der Waals surface area (Å²) in [7, 11) is 2.01. The minimum absolute atomic E-state index is 0.228. The predicted octanol–water partition coefficient (Wildman–Crippen LogP) is 1.87. The lowest BCUT2D eigenvalue weighted by atomic mass is 10.0. The molecule has 0 spiro atoms. The molecule has 16 heavy (non-hydrogen) atoms. The fraction of sp³-hybridized carbons (Fsp3) is 0.500. The quantitative estimate of drug-likeness (QED) is 0.789. The molecule has 0 bridgehead atoms. The summed E-state index contributed by atoms with van der Waals surface area (Å²) in [6, 6.07) is 5.49. The van der Waals surface area contributed by atoms with Crippen molar-refractivity contribution >= 4 is 5.69 Å². The summed E-state index contributed by atoms with van der Waals surface area (Å²) < 4.78 is 26.3. The van der Waals surface area contributed by atoms with Crippen LogP contribution in [0.25, 0.3) is 0 Å². The second kappa shape index (κ2) is 2.74. The van der Waals surface area contributed by atoms with E-state index in [2.05, 4.69) is 4.90 Å². The van der Waals surface area contributed by atoms with E-state index in [9.17, 15) is 8.78 Å². The molecule has 0 amide bonds. The fourth-order valence-corrected chi connectivity index (χ4v) is 2.46. The van der Waals surface area contributed by atoms with Gasteiger partial charge < -0.3 is 10.6 Å². The average molecular weight is 224 g/mol.